The van der Waals surface area contributed by atoms with Crippen molar-refractivity contribution in [1.29, 1.82) is 0 Å². The lowest BCUT2D eigenvalue weighted by Gasteiger charge is -2.30. The molecule has 2 aromatic rings. The first-order valence-corrected chi connectivity index (χ1v) is 8.48. The van der Waals surface area contributed by atoms with Crippen molar-refractivity contribution in [3.63, 3.8) is 0 Å². The minimum Gasteiger partial charge on any atom is -0.379 e. The number of benzene rings is 2. The third-order valence-corrected chi connectivity index (χ3v) is 4.39. The molecule has 2 aromatic carbocycles. The van der Waals surface area contributed by atoms with Crippen LogP contribution in [0.2, 0.25) is 0 Å². The van der Waals surface area contributed by atoms with Gasteiger partial charge in [-0.1, -0.05) is 50.2 Å². The van der Waals surface area contributed by atoms with Gasteiger partial charge in [0.25, 0.3) is 0 Å². The minimum atomic E-state index is 0.582. The van der Waals surface area contributed by atoms with Crippen LogP contribution in [0.25, 0.3) is 0 Å². The van der Waals surface area contributed by atoms with E-state index in [1.807, 2.05) is 0 Å². The third-order valence-electron chi connectivity index (χ3n) is 4.39. The molecule has 0 bridgehead atoms. The first kappa shape index (κ1) is 15.9. The van der Waals surface area contributed by atoms with Crippen molar-refractivity contribution in [2.75, 3.05) is 36.5 Å². The molecule has 3 rings (SSSR count). The first-order chi connectivity index (χ1) is 11.2. The Labute approximate surface area is 139 Å². The Kier molecular flexibility index (Phi) is 5.19. The van der Waals surface area contributed by atoms with Gasteiger partial charge in [0.05, 0.1) is 24.6 Å². The van der Waals surface area contributed by atoms with Crippen LogP contribution < -0.4 is 10.2 Å². The lowest BCUT2D eigenvalue weighted by molar-refractivity contribution is 0.123. The quantitative estimate of drug-likeness (QED) is 0.893. The zero-order valence-electron chi connectivity index (χ0n) is 14.1. The summed E-state index contributed by atoms with van der Waals surface area (Å²) in [5.41, 5.74) is 5.17. The largest absolute Gasteiger partial charge is 0.379 e. The van der Waals surface area contributed by atoms with E-state index in [9.17, 15) is 0 Å². The fourth-order valence-corrected chi connectivity index (χ4v) is 2.92. The fraction of sp³-hybridized carbons (Fsp3) is 0.400. The Hall–Kier alpha value is -2.00. The van der Waals surface area contributed by atoms with Crippen LogP contribution in [0.4, 0.5) is 11.4 Å². The van der Waals surface area contributed by atoms with Gasteiger partial charge in [-0.2, -0.15) is 0 Å². The number of hydrogen-bond acceptors (Lipinski definition) is 3. The number of nitrogens with zero attached hydrogens (tertiary/aromatic N) is 1. The van der Waals surface area contributed by atoms with E-state index >= 15 is 0 Å². The number of anilines is 2. The average molecular weight is 310 g/mol. The van der Waals surface area contributed by atoms with Crippen LogP contribution in [0.1, 0.15) is 30.9 Å². The summed E-state index contributed by atoms with van der Waals surface area (Å²) < 4.78 is 5.46. The Morgan fingerprint density at radius 1 is 1.00 bits per heavy atom. The molecule has 0 unspecified atom stereocenters. The van der Waals surface area contributed by atoms with E-state index < -0.39 is 0 Å². The summed E-state index contributed by atoms with van der Waals surface area (Å²) in [6, 6.07) is 17.5. The maximum atomic E-state index is 5.46. The highest BCUT2D eigenvalue weighted by Gasteiger charge is 2.14. The van der Waals surface area contributed by atoms with Gasteiger partial charge in [0.15, 0.2) is 0 Å². The molecule has 3 nitrogen and oxygen atoms in total. The molecule has 0 aliphatic carbocycles. The van der Waals surface area contributed by atoms with Gasteiger partial charge in [-0.3, -0.25) is 0 Å². The van der Waals surface area contributed by atoms with Crippen molar-refractivity contribution >= 4 is 11.4 Å². The molecule has 1 saturated heterocycles. The Morgan fingerprint density at radius 3 is 2.39 bits per heavy atom. The molecular weight excluding hydrogens is 284 g/mol. The molecule has 3 heteroatoms. The van der Waals surface area contributed by atoms with Crippen molar-refractivity contribution in [1.82, 2.24) is 0 Å². The Bertz CT molecular complexity index is 616. The van der Waals surface area contributed by atoms with Gasteiger partial charge >= 0.3 is 0 Å². The molecule has 122 valence electrons. The number of morpholine rings is 1. The molecule has 1 heterocycles. The van der Waals surface area contributed by atoms with Gasteiger partial charge in [-0.05, 0) is 29.2 Å². The summed E-state index contributed by atoms with van der Waals surface area (Å²) in [6.45, 7) is 8.84. The highest BCUT2D eigenvalue weighted by Crippen LogP contribution is 2.27. The number of rotatable bonds is 5. The average Bonchev–Trinajstić information content (AvgIpc) is 2.61. The predicted molar refractivity (Wildman–Crippen MR) is 97.3 cm³/mol. The van der Waals surface area contributed by atoms with Crippen LogP contribution >= 0.6 is 0 Å². The second kappa shape index (κ2) is 7.51. The minimum absolute atomic E-state index is 0.582. The standard InChI is InChI=1S/C20H26N2O/c1-16(2)18-9-7-17(8-10-18)15-21-19-5-3-4-6-20(19)22-11-13-23-14-12-22/h3-10,16,21H,11-15H2,1-2H3. The van der Waals surface area contributed by atoms with E-state index in [4.69, 9.17) is 4.74 Å². The summed E-state index contributed by atoms with van der Waals surface area (Å²) in [6.07, 6.45) is 0. The van der Waals surface area contributed by atoms with Gasteiger partial charge in [-0.15, -0.1) is 0 Å². The smallest absolute Gasteiger partial charge is 0.0642 e. The van der Waals surface area contributed by atoms with Crippen LogP contribution in [0.5, 0.6) is 0 Å². The van der Waals surface area contributed by atoms with E-state index in [0.717, 1.165) is 32.8 Å². The number of ether oxygens (including phenoxy) is 1. The molecular formula is C20H26N2O. The van der Waals surface area contributed by atoms with Crippen molar-refractivity contribution in [2.24, 2.45) is 0 Å². The second-order valence-electron chi connectivity index (χ2n) is 6.37. The van der Waals surface area contributed by atoms with Crippen molar-refractivity contribution < 1.29 is 4.74 Å². The van der Waals surface area contributed by atoms with Crippen LogP contribution in [-0.2, 0) is 11.3 Å². The zero-order chi connectivity index (χ0) is 16.1. The van der Waals surface area contributed by atoms with Crippen molar-refractivity contribution in [3.8, 4) is 0 Å². The summed E-state index contributed by atoms with van der Waals surface area (Å²) in [7, 11) is 0. The van der Waals surface area contributed by atoms with Gasteiger partial charge in [-0.25, -0.2) is 0 Å². The fourth-order valence-electron chi connectivity index (χ4n) is 2.92. The molecule has 1 aliphatic heterocycles. The summed E-state index contributed by atoms with van der Waals surface area (Å²) in [5.74, 6) is 0.582. The summed E-state index contributed by atoms with van der Waals surface area (Å²) in [4.78, 5) is 2.40. The molecule has 0 aromatic heterocycles. The molecule has 1 N–H and O–H groups in total. The number of hydrogen-bond donors (Lipinski definition) is 1. The topological polar surface area (TPSA) is 24.5 Å². The summed E-state index contributed by atoms with van der Waals surface area (Å²) in [5, 5.41) is 3.59. The lowest BCUT2D eigenvalue weighted by atomic mass is 10.0. The molecule has 0 saturated carbocycles. The number of nitrogens with one attached hydrogen (secondary N) is 1. The molecule has 0 radical (unpaired) electrons. The molecule has 0 spiro atoms. The van der Waals surface area contributed by atoms with E-state index in [0.29, 0.717) is 5.92 Å². The number of para-hydroxylation sites is 2. The molecule has 1 fully saturated rings. The SMILES string of the molecule is CC(C)c1ccc(CNc2ccccc2N2CCOCC2)cc1. The maximum Gasteiger partial charge on any atom is 0.0642 e. The van der Waals surface area contributed by atoms with Gasteiger partial charge < -0.3 is 15.0 Å². The second-order valence-corrected chi connectivity index (χ2v) is 6.37. The Balaban J connectivity index is 1.68. The zero-order valence-corrected chi connectivity index (χ0v) is 14.1. The van der Waals surface area contributed by atoms with Crippen LogP contribution in [0.3, 0.4) is 0 Å². The van der Waals surface area contributed by atoms with Crippen LogP contribution in [-0.4, -0.2) is 26.3 Å². The lowest BCUT2D eigenvalue weighted by Crippen LogP contribution is -2.36. The monoisotopic (exact) mass is 310 g/mol. The predicted octanol–water partition coefficient (Wildman–Crippen LogP) is 4.26. The van der Waals surface area contributed by atoms with Crippen molar-refractivity contribution in [3.05, 3.63) is 59.7 Å². The highest BCUT2D eigenvalue weighted by molar-refractivity contribution is 5.70. The first-order valence-electron chi connectivity index (χ1n) is 8.48. The van der Waals surface area contributed by atoms with Gasteiger partial charge in [0.1, 0.15) is 0 Å². The highest BCUT2D eigenvalue weighted by atomic mass is 16.5. The normalized spacial score (nSPS) is 15.0. The van der Waals surface area contributed by atoms with E-state index in [1.165, 1.54) is 22.5 Å². The molecule has 0 amide bonds. The van der Waals surface area contributed by atoms with E-state index in [-0.39, 0.29) is 0 Å². The molecule has 0 atom stereocenters. The maximum absolute atomic E-state index is 5.46. The van der Waals surface area contributed by atoms with Crippen molar-refractivity contribution in [2.45, 2.75) is 26.3 Å². The summed E-state index contributed by atoms with van der Waals surface area (Å²) >= 11 is 0. The van der Waals surface area contributed by atoms with Gasteiger partial charge in [0, 0.05) is 19.6 Å². The van der Waals surface area contributed by atoms with E-state index in [1.54, 1.807) is 0 Å². The third kappa shape index (κ3) is 4.05. The van der Waals surface area contributed by atoms with E-state index in [2.05, 4.69) is 72.6 Å². The van der Waals surface area contributed by atoms with Gasteiger partial charge in [0.2, 0.25) is 0 Å². The van der Waals surface area contributed by atoms with Crippen LogP contribution in [0.15, 0.2) is 48.5 Å². The Morgan fingerprint density at radius 2 is 1.70 bits per heavy atom. The molecule has 1 aliphatic rings. The molecule has 23 heavy (non-hydrogen) atoms. The van der Waals surface area contributed by atoms with Crippen LogP contribution in [0, 0.1) is 0 Å².